The van der Waals surface area contributed by atoms with E-state index in [4.69, 9.17) is 8.83 Å². The van der Waals surface area contributed by atoms with Gasteiger partial charge in [-0.3, -0.25) is 0 Å². The second-order valence-corrected chi connectivity index (χ2v) is 6.56. The lowest BCUT2D eigenvalue weighted by atomic mass is 10.1. The molecule has 0 radical (unpaired) electrons. The lowest BCUT2D eigenvalue weighted by Crippen LogP contribution is -1.78. The molecule has 122 valence electrons. The number of nitrogens with zero attached hydrogens (tertiary/aromatic N) is 1. The second kappa shape index (κ2) is 7.11. The predicted molar refractivity (Wildman–Crippen MR) is 108 cm³/mol. The van der Waals surface area contributed by atoms with Gasteiger partial charge in [0.15, 0.2) is 9.53 Å². The van der Waals surface area contributed by atoms with Crippen molar-refractivity contribution in [3.63, 3.8) is 0 Å². The Kier molecular flexibility index (Phi) is 4.52. The summed E-state index contributed by atoms with van der Waals surface area (Å²) in [7, 11) is 0. The summed E-state index contributed by atoms with van der Waals surface area (Å²) < 4.78 is 12.3. The lowest BCUT2D eigenvalue weighted by Gasteiger charge is -1.98. The van der Waals surface area contributed by atoms with Gasteiger partial charge < -0.3 is 8.83 Å². The van der Waals surface area contributed by atoms with Gasteiger partial charge in [-0.1, -0.05) is 48.5 Å². The fourth-order valence-electron chi connectivity index (χ4n) is 2.48. The number of oxazole rings is 1. The zero-order valence-electron chi connectivity index (χ0n) is 13.2. The van der Waals surface area contributed by atoms with Crippen LogP contribution in [-0.2, 0) is 0 Å². The summed E-state index contributed by atoms with van der Waals surface area (Å²) in [6.45, 7) is 0. The van der Waals surface area contributed by atoms with E-state index in [1.165, 1.54) is 0 Å². The van der Waals surface area contributed by atoms with Crippen LogP contribution >= 0.6 is 22.6 Å². The Morgan fingerprint density at radius 1 is 0.760 bits per heavy atom. The van der Waals surface area contributed by atoms with E-state index in [0.717, 1.165) is 32.0 Å². The molecule has 25 heavy (non-hydrogen) atoms. The van der Waals surface area contributed by atoms with Crippen LogP contribution in [0.5, 0.6) is 0 Å². The molecule has 0 aliphatic carbocycles. The van der Waals surface area contributed by atoms with E-state index in [2.05, 4.69) is 27.6 Å². The third-order valence-corrected chi connectivity index (χ3v) is 4.34. The number of aromatic nitrogens is 1. The van der Waals surface area contributed by atoms with E-state index >= 15 is 0 Å². The molecule has 2 aromatic heterocycles. The fourth-order valence-corrected chi connectivity index (χ4v) is 2.91. The molecule has 4 aromatic rings. The molecule has 0 saturated heterocycles. The molecule has 4 heteroatoms. The van der Waals surface area contributed by atoms with Gasteiger partial charge in [0, 0.05) is 11.1 Å². The molecule has 0 aliphatic rings. The Balaban J connectivity index is 1.52. The summed E-state index contributed by atoms with van der Waals surface area (Å²) in [6.07, 6.45) is 5.73. The normalized spacial score (nSPS) is 11.2. The molecule has 0 unspecified atom stereocenters. The van der Waals surface area contributed by atoms with Gasteiger partial charge in [0.2, 0.25) is 5.89 Å². The van der Waals surface area contributed by atoms with Crippen LogP contribution in [0.4, 0.5) is 0 Å². The minimum Gasteiger partial charge on any atom is -0.451 e. The van der Waals surface area contributed by atoms with Gasteiger partial charge in [-0.2, -0.15) is 0 Å². The fraction of sp³-hybridized carbons (Fsp3) is 0. The summed E-state index contributed by atoms with van der Waals surface area (Å²) >= 11 is 2.15. The first kappa shape index (κ1) is 15.9. The standard InChI is InChI=1S/C21H14INO2/c22-20-13-12-18(24-20)11-8-15-6-9-17(10-7-15)21-23-14-19(25-21)16-4-2-1-3-5-16/h1-14H/b11-8+. The van der Waals surface area contributed by atoms with E-state index in [-0.39, 0.29) is 0 Å². The lowest BCUT2D eigenvalue weighted by molar-refractivity contribution is 0.529. The molecular weight excluding hydrogens is 425 g/mol. The maximum absolute atomic E-state index is 5.88. The molecule has 0 N–H and O–H groups in total. The van der Waals surface area contributed by atoms with Crippen molar-refractivity contribution in [3.8, 4) is 22.8 Å². The van der Waals surface area contributed by atoms with Gasteiger partial charge in [-0.25, -0.2) is 4.98 Å². The molecule has 4 rings (SSSR count). The number of benzene rings is 2. The Labute approximate surface area is 159 Å². The first-order valence-corrected chi connectivity index (χ1v) is 8.91. The zero-order chi connectivity index (χ0) is 17.1. The molecule has 0 saturated carbocycles. The molecule has 0 amide bonds. The first-order valence-electron chi connectivity index (χ1n) is 7.83. The van der Waals surface area contributed by atoms with Crippen molar-refractivity contribution in [3.05, 3.63) is 88.0 Å². The number of halogens is 1. The Bertz CT molecular complexity index is 998. The quantitative estimate of drug-likeness (QED) is 0.347. The van der Waals surface area contributed by atoms with Crippen molar-refractivity contribution in [1.82, 2.24) is 4.98 Å². The first-order chi connectivity index (χ1) is 12.3. The average molecular weight is 439 g/mol. The maximum atomic E-state index is 5.88. The third kappa shape index (κ3) is 3.74. The molecule has 0 aliphatic heterocycles. The van der Waals surface area contributed by atoms with Gasteiger partial charge in [0.25, 0.3) is 0 Å². The summed E-state index contributed by atoms with van der Waals surface area (Å²) in [4.78, 5) is 4.39. The van der Waals surface area contributed by atoms with Crippen molar-refractivity contribution in [2.24, 2.45) is 0 Å². The Morgan fingerprint density at radius 2 is 1.56 bits per heavy atom. The van der Waals surface area contributed by atoms with Gasteiger partial charge in [0.1, 0.15) is 5.76 Å². The smallest absolute Gasteiger partial charge is 0.226 e. The molecular formula is C21H14INO2. The van der Waals surface area contributed by atoms with Crippen molar-refractivity contribution in [1.29, 1.82) is 0 Å². The number of hydrogen-bond donors (Lipinski definition) is 0. The van der Waals surface area contributed by atoms with Crippen LogP contribution in [0.25, 0.3) is 34.9 Å². The molecule has 2 aromatic carbocycles. The highest BCUT2D eigenvalue weighted by Crippen LogP contribution is 2.26. The molecule has 3 nitrogen and oxygen atoms in total. The highest BCUT2D eigenvalue weighted by molar-refractivity contribution is 14.1. The van der Waals surface area contributed by atoms with Gasteiger partial charge in [0.05, 0.1) is 6.20 Å². The monoisotopic (exact) mass is 439 g/mol. The summed E-state index contributed by atoms with van der Waals surface area (Å²) in [6, 6.07) is 21.9. The predicted octanol–water partition coefficient (Wildman–Crippen LogP) is 6.38. The minimum atomic E-state index is 0.620. The van der Waals surface area contributed by atoms with Crippen LogP contribution in [0, 0.1) is 3.77 Å². The maximum Gasteiger partial charge on any atom is 0.226 e. The van der Waals surface area contributed by atoms with Crippen LogP contribution in [0.2, 0.25) is 0 Å². The average Bonchev–Trinajstić information content (AvgIpc) is 3.30. The van der Waals surface area contributed by atoms with Crippen molar-refractivity contribution in [2.45, 2.75) is 0 Å². The number of furan rings is 1. The highest BCUT2D eigenvalue weighted by Gasteiger charge is 2.08. The summed E-state index contributed by atoms with van der Waals surface area (Å²) in [5.74, 6) is 2.23. The zero-order valence-corrected chi connectivity index (χ0v) is 15.4. The molecule has 2 heterocycles. The Morgan fingerprint density at radius 3 is 2.28 bits per heavy atom. The highest BCUT2D eigenvalue weighted by atomic mass is 127. The van der Waals surface area contributed by atoms with Crippen LogP contribution in [0.1, 0.15) is 11.3 Å². The molecule has 0 spiro atoms. The van der Waals surface area contributed by atoms with E-state index in [1.54, 1.807) is 6.20 Å². The molecule has 0 atom stereocenters. The van der Waals surface area contributed by atoms with Gasteiger partial charge in [-0.15, -0.1) is 0 Å². The number of rotatable bonds is 4. The van der Waals surface area contributed by atoms with Crippen molar-refractivity contribution >= 4 is 34.7 Å². The van der Waals surface area contributed by atoms with Crippen molar-refractivity contribution < 1.29 is 8.83 Å². The largest absolute Gasteiger partial charge is 0.451 e. The minimum absolute atomic E-state index is 0.620. The van der Waals surface area contributed by atoms with E-state index in [0.29, 0.717) is 5.89 Å². The molecule has 0 fully saturated rings. The third-order valence-electron chi connectivity index (χ3n) is 3.76. The SMILES string of the molecule is Ic1ccc(/C=C/c2ccc(-c3ncc(-c4ccccc4)o3)cc2)o1. The van der Waals surface area contributed by atoms with Crippen LogP contribution in [0.3, 0.4) is 0 Å². The second-order valence-electron chi connectivity index (χ2n) is 5.49. The summed E-state index contributed by atoms with van der Waals surface area (Å²) in [5, 5.41) is 0. The topological polar surface area (TPSA) is 39.2 Å². The van der Waals surface area contributed by atoms with Crippen LogP contribution in [0.15, 0.2) is 81.8 Å². The Hall–Kier alpha value is -2.60. The molecule has 0 bridgehead atoms. The number of hydrogen-bond acceptors (Lipinski definition) is 3. The van der Waals surface area contributed by atoms with Gasteiger partial charge >= 0.3 is 0 Å². The summed E-state index contributed by atoms with van der Waals surface area (Å²) in [5.41, 5.74) is 3.06. The van der Waals surface area contributed by atoms with Gasteiger partial charge in [-0.05, 0) is 58.5 Å². The van der Waals surface area contributed by atoms with E-state index in [9.17, 15) is 0 Å². The van der Waals surface area contributed by atoms with Crippen molar-refractivity contribution in [2.75, 3.05) is 0 Å². The van der Waals surface area contributed by atoms with E-state index in [1.807, 2.05) is 78.9 Å². The van der Waals surface area contributed by atoms with E-state index < -0.39 is 0 Å². The van der Waals surface area contributed by atoms with Crippen LogP contribution < -0.4 is 0 Å². The van der Waals surface area contributed by atoms with Crippen LogP contribution in [-0.4, -0.2) is 4.98 Å².